The maximum Gasteiger partial charge on any atom is 0.323 e. The molecule has 25 heavy (non-hydrogen) atoms. The summed E-state index contributed by atoms with van der Waals surface area (Å²) < 4.78 is 16.1. The van der Waals surface area contributed by atoms with Gasteiger partial charge in [-0.3, -0.25) is 0 Å². The average Bonchev–Trinajstić information content (AvgIpc) is 2.62. The minimum Gasteiger partial charge on any atom is -0.459 e. The van der Waals surface area contributed by atoms with E-state index in [0.29, 0.717) is 58.0 Å². The summed E-state index contributed by atoms with van der Waals surface area (Å²) in [7, 11) is 0. The van der Waals surface area contributed by atoms with E-state index in [1.165, 1.54) is 0 Å². The molecule has 0 bridgehead atoms. The minimum atomic E-state index is 0.257. The molecule has 0 spiro atoms. The van der Waals surface area contributed by atoms with Gasteiger partial charge in [0.1, 0.15) is 6.61 Å². The van der Waals surface area contributed by atoms with E-state index in [1.807, 2.05) is 0 Å². The number of hydrogen-bond donors (Lipinski definition) is 3. The third-order valence-corrected chi connectivity index (χ3v) is 2.92. The van der Waals surface area contributed by atoms with Crippen LogP contribution < -0.4 is 21.1 Å². The van der Waals surface area contributed by atoms with Gasteiger partial charge >= 0.3 is 6.01 Å². The van der Waals surface area contributed by atoms with Crippen LogP contribution in [0.4, 0.5) is 11.9 Å². The average molecular weight is 354 g/mol. The molecule has 0 aromatic carbocycles. The molecule has 0 radical (unpaired) electrons. The van der Waals surface area contributed by atoms with Crippen molar-refractivity contribution in [2.45, 2.75) is 19.8 Å². The number of nitrogens with one attached hydrogen (secondary N) is 2. The number of unbranched alkanes of at least 4 members (excludes halogenated alkanes) is 1. The van der Waals surface area contributed by atoms with Gasteiger partial charge in [0.15, 0.2) is 0 Å². The van der Waals surface area contributed by atoms with E-state index in [-0.39, 0.29) is 6.01 Å². The Hall–Kier alpha value is -1.97. The van der Waals surface area contributed by atoms with Crippen molar-refractivity contribution >= 4 is 11.9 Å². The van der Waals surface area contributed by atoms with Crippen molar-refractivity contribution in [3.63, 3.8) is 0 Å². The molecule has 0 aliphatic carbocycles. The van der Waals surface area contributed by atoms with Crippen LogP contribution in [-0.2, 0) is 9.47 Å². The van der Waals surface area contributed by atoms with Gasteiger partial charge in [-0.15, -0.1) is 0 Å². The number of hydrogen-bond acceptors (Lipinski definition) is 9. The summed E-state index contributed by atoms with van der Waals surface area (Å²) in [5, 5.41) is 6.27. The Morgan fingerprint density at radius 3 is 2.32 bits per heavy atom. The fourth-order valence-electron chi connectivity index (χ4n) is 1.73. The predicted octanol–water partition coefficient (Wildman–Crippen LogP) is 1.05. The minimum absolute atomic E-state index is 0.257. The first kappa shape index (κ1) is 21.1. The Balaban J connectivity index is 2.41. The Labute approximate surface area is 149 Å². The number of nitrogens with zero attached hydrogens (tertiary/aromatic N) is 3. The molecule has 9 nitrogen and oxygen atoms in total. The molecule has 0 saturated carbocycles. The van der Waals surface area contributed by atoms with E-state index in [0.717, 1.165) is 19.4 Å². The van der Waals surface area contributed by atoms with Crippen molar-refractivity contribution in [3.8, 4) is 6.01 Å². The molecule has 0 fully saturated rings. The van der Waals surface area contributed by atoms with Crippen molar-refractivity contribution in [2.75, 3.05) is 63.3 Å². The van der Waals surface area contributed by atoms with Crippen molar-refractivity contribution in [3.05, 3.63) is 12.7 Å². The molecule has 0 atom stereocenters. The van der Waals surface area contributed by atoms with Crippen molar-refractivity contribution in [1.29, 1.82) is 0 Å². The van der Waals surface area contributed by atoms with Gasteiger partial charge in [0.2, 0.25) is 11.9 Å². The molecule has 1 aromatic rings. The Morgan fingerprint density at radius 2 is 1.68 bits per heavy atom. The number of rotatable bonds is 16. The number of anilines is 2. The quantitative estimate of drug-likeness (QED) is 0.296. The lowest BCUT2D eigenvalue weighted by molar-refractivity contribution is 0.0547. The molecule has 0 amide bonds. The summed E-state index contributed by atoms with van der Waals surface area (Å²) in [6.07, 6.45) is 3.77. The first-order valence-electron chi connectivity index (χ1n) is 8.63. The van der Waals surface area contributed by atoms with E-state index in [4.69, 9.17) is 19.9 Å². The van der Waals surface area contributed by atoms with Crippen molar-refractivity contribution < 1.29 is 14.2 Å². The molecular formula is C16H30N6O3. The molecule has 142 valence electrons. The molecular weight excluding hydrogens is 324 g/mol. The fourth-order valence-corrected chi connectivity index (χ4v) is 1.73. The summed E-state index contributed by atoms with van der Waals surface area (Å²) >= 11 is 0. The van der Waals surface area contributed by atoms with Gasteiger partial charge in [-0.1, -0.05) is 26.0 Å². The second-order valence-electron chi connectivity index (χ2n) is 5.09. The second kappa shape index (κ2) is 14.4. The molecule has 0 saturated heterocycles. The van der Waals surface area contributed by atoms with E-state index in [2.05, 4.69) is 39.1 Å². The van der Waals surface area contributed by atoms with E-state index in [9.17, 15) is 0 Å². The Kier molecular flexibility index (Phi) is 12.1. The topological polar surface area (TPSA) is 116 Å². The van der Waals surface area contributed by atoms with Gasteiger partial charge in [-0.2, -0.15) is 15.0 Å². The highest BCUT2D eigenvalue weighted by Crippen LogP contribution is 2.11. The van der Waals surface area contributed by atoms with Crippen molar-refractivity contribution in [2.24, 2.45) is 5.73 Å². The van der Waals surface area contributed by atoms with Crippen molar-refractivity contribution in [1.82, 2.24) is 15.0 Å². The van der Waals surface area contributed by atoms with Crippen LogP contribution in [-0.4, -0.2) is 67.6 Å². The van der Waals surface area contributed by atoms with Gasteiger partial charge in [0.25, 0.3) is 0 Å². The molecule has 1 rings (SSSR count). The number of aromatic nitrogens is 3. The summed E-state index contributed by atoms with van der Waals surface area (Å²) in [4.78, 5) is 12.8. The van der Waals surface area contributed by atoms with E-state index < -0.39 is 0 Å². The SMILES string of the molecule is C=CCOc1nc(NCCCC)nc(NCCOCCOCCN)n1. The van der Waals surface area contributed by atoms with E-state index in [1.54, 1.807) is 6.08 Å². The summed E-state index contributed by atoms with van der Waals surface area (Å²) in [5.41, 5.74) is 5.33. The Bertz CT molecular complexity index is 475. The van der Waals surface area contributed by atoms with Crippen LogP contribution in [0.3, 0.4) is 0 Å². The zero-order chi connectivity index (χ0) is 18.2. The van der Waals surface area contributed by atoms with Gasteiger partial charge in [-0.05, 0) is 6.42 Å². The highest BCUT2D eigenvalue weighted by atomic mass is 16.5. The van der Waals surface area contributed by atoms with E-state index >= 15 is 0 Å². The third-order valence-electron chi connectivity index (χ3n) is 2.92. The summed E-state index contributed by atoms with van der Waals surface area (Å²) in [6.45, 7) is 10.1. The molecule has 0 aliphatic rings. The van der Waals surface area contributed by atoms with Crippen LogP contribution in [0.2, 0.25) is 0 Å². The molecule has 9 heteroatoms. The predicted molar refractivity (Wildman–Crippen MR) is 98.1 cm³/mol. The van der Waals surface area contributed by atoms with Crippen LogP contribution in [0.25, 0.3) is 0 Å². The largest absolute Gasteiger partial charge is 0.459 e. The monoisotopic (exact) mass is 354 g/mol. The number of ether oxygens (including phenoxy) is 3. The van der Waals surface area contributed by atoms with Crippen LogP contribution in [0.5, 0.6) is 6.01 Å². The first-order valence-corrected chi connectivity index (χ1v) is 8.63. The zero-order valence-electron chi connectivity index (χ0n) is 15.0. The molecule has 4 N–H and O–H groups in total. The molecule has 1 aromatic heterocycles. The molecule has 1 heterocycles. The zero-order valence-corrected chi connectivity index (χ0v) is 15.0. The first-order chi connectivity index (χ1) is 12.3. The van der Waals surface area contributed by atoms with Gasteiger partial charge < -0.3 is 30.6 Å². The lowest BCUT2D eigenvalue weighted by Crippen LogP contribution is -2.17. The van der Waals surface area contributed by atoms with Crippen LogP contribution in [0.15, 0.2) is 12.7 Å². The maximum atomic E-state index is 5.45. The fraction of sp³-hybridized carbons (Fsp3) is 0.688. The molecule has 0 aliphatic heterocycles. The lowest BCUT2D eigenvalue weighted by atomic mass is 10.3. The number of nitrogens with two attached hydrogens (primary N) is 1. The van der Waals surface area contributed by atoms with Gasteiger partial charge in [0, 0.05) is 19.6 Å². The lowest BCUT2D eigenvalue weighted by Gasteiger charge is -2.10. The third kappa shape index (κ3) is 10.5. The smallest absolute Gasteiger partial charge is 0.323 e. The summed E-state index contributed by atoms with van der Waals surface area (Å²) in [6, 6.07) is 0.257. The summed E-state index contributed by atoms with van der Waals surface area (Å²) in [5.74, 6) is 0.928. The van der Waals surface area contributed by atoms with Crippen LogP contribution in [0, 0.1) is 0 Å². The standard InChI is InChI=1S/C16H30N6O3/c1-3-5-7-18-14-20-15(22-16(21-14)25-9-4-2)19-8-11-24-13-12-23-10-6-17/h4H,2-3,5-13,17H2,1H3,(H2,18,19,20,21,22). The molecule has 0 unspecified atom stereocenters. The van der Waals surface area contributed by atoms with Gasteiger partial charge in [-0.25, -0.2) is 0 Å². The van der Waals surface area contributed by atoms with Crippen LogP contribution >= 0.6 is 0 Å². The second-order valence-corrected chi connectivity index (χ2v) is 5.09. The Morgan fingerprint density at radius 1 is 1.00 bits per heavy atom. The van der Waals surface area contributed by atoms with Crippen LogP contribution in [0.1, 0.15) is 19.8 Å². The highest BCUT2D eigenvalue weighted by molar-refractivity contribution is 5.35. The highest BCUT2D eigenvalue weighted by Gasteiger charge is 2.07. The van der Waals surface area contributed by atoms with Gasteiger partial charge in [0.05, 0.1) is 26.4 Å². The maximum absolute atomic E-state index is 5.45. The normalized spacial score (nSPS) is 10.5.